The van der Waals surface area contributed by atoms with E-state index in [0.717, 1.165) is 11.3 Å². The summed E-state index contributed by atoms with van der Waals surface area (Å²) in [5.41, 5.74) is 8.84. The summed E-state index contributed by atoms with van der Waals surface area (Å²) in [6.07, 6.45) is 0. The number of nitrogen functional groups attached to an aromatic ring is 1. The van der Waals surface area contributed by atoms with E-state index in [9.17, 15) is 4.79 Å². The van der Waals surface area contributed by atoms with E-state index in [-0.39, 0.29) is 11.6 Å². The Morgan fingerprint density at radius 2 is 2.06 bits per heavy atom. The summed E-state index contributed by atoms with van der Waals surface area (Å²) < 4.78 is 0. The van der Waals surface area contributed by atoms with Crippen molar-refractivity contribution in [1.29, 1.82) is 0 Å². The standard InChI is InChI=1S/C12H15N5O/c1-6-4-7(2)14-9(5-6)15-12(18)11-10(13)8(3)16-17-11/h4-5H,13H2,1-3H3,(H,16,17)(H,14,15,18). The molecule has 0 aromatic carbocycles. The monoisotopic (exact) mass is 245 g/mol. The van der Waals surface area contributed by atoms with Gasteiger partial charge < -0.3 is 11.1 Å². The van der Waals surface area contributed by atoms with Gasteiger partial charge in [0, 0.05) is 5.69 Å². The molecular weight excluding hydrogens is 230 g/mol. The molecule has 18 heavy (non-hydrogen) atoms. The van der Waals surface area contributed by atoms with Crippen molar-refractivity contribution in [2.24, 2.45) is 0 Å². The summed E-state index contributed by atoms with van der Waals surface area (Å²) in [6.45, 7) is 5.57. The number of aryl methyl sites for hydroxylation is 3. The molecule has 2 aromatic heterocycles. The first-order chi connectivity index (χ1) is 8.47. The number of carbonyl (C=O) groups excluding carboxylic acids is 1. The van der Waals surface area contributed by atoms with Crippen molar-refractivity contribution >= 4 is 17.4 Å². The quantitative estimate of drug-likeness (QED) is 0.748. The van der Waals surface area contributed by atoms with E-state index in [1.54, 1.807) is 13.0 Å². The van der Waals surface area contributed by atoms with Crippen molar-refractivity contribution in [3.63, 3.8) is 0 Å². The number of amides is 1. The fourth-order valence-corrected chi connectivity index (χ4v) is 1.69. The van der Waals surface area contributed by atoms with Crippen LogP contribution in [-0.2, 0) is 0 Å². The number of hydrogen-bond donors (Lipinski definition) is 3. The molecule has 4 N–H and O–H groups in total. The SMILES string of the molecule is Cc1cc(C)nc(NC(=O)c2n[nH]c(C)c2N)c1. The minimum absolute atomic E-state index is 0.188. The lowest BCUT2D eigenvalue weighted by molar-refractivity contribution is 0.102. The van der Waals surface area contributed by atoms with Gasteiger partial charge in [0.2, 0.25) is 0 Å². The Hall–Kier alpha value is -2.37. The van der Waals surface area contributed by atoms with E-state index in [2.05, 4.69) is 20.5 Å². The number of nitrogens with zero attached hydrogens (tertiary/aromatic N) is 2. The largest absolute Gasteiger partial charge is 0.395 e. The van der Waals surface area contributed by atoms with Gasteiger partial charge >= 0.3 is 0 Å². The van der Waals surface area contributed by atoms with Crippen LogP contribution < -0.4 is 11.1 Å². The molecule has 0 fully saturated rings. The molecule has 2 aromatic rings. The zero-order valence-electron chi connectivity index (χ0n) is 10.5. The van der Waals surface area contributed by atoms with Gasteiger partial charge in [-0.3, -0.25) is 9.89 Å². The molecule has 2 rings (SSSR count). The van der Waals surface area contributed by atoms with Crippen molar-refractivity contribution in [3.05, 3.63) is 34.8 Å². The van der Waals surface area contributed by atoms with Crippen molar-refractivity contribution in [1.82, 2.24) is 15.2 Å². The van der Waals surface area contributed by atoms with Crippen LogP contribution in [0.5, 0.6) is 0 Å². The summed E-state index contributed by atoms with van der Waals surface area (Å²) in [5, 5.41) is 9.22. The number of anilines is 2. The zero-order valence-corrected chi connectivity index (χ0v) is 10.5. The highest BCUT2D eigenvalue weighted by molar-refractivity contribution is 6.06. The predicted molar refractivity (Wildman–Crippen MR) is 69.4 cm³/mol. The van der Waals surface area contributed by atoms with Gasteiger partial charge in [-0.15, -0.1) is 0 Å². The van der Waals surface area contributed by atoms with Gasteiger partial charge in [0.1, 0.15) is 5.82 Å². The van der Waals surface area contributed by atoms with Gasteiger partial charge in [0.25, 0.3) is 5.91 Å². The number of carbonyl (C=O) groups is 1. The number of hydrogen-bond acceptors (Lipinski definition) is 4. The fourth-order valence-electron chi connectivity index (χ4n) is 1.69. The summed E-state index contributed by atoms with van der Waals surface area (Å²) in [6, 6.07) is 3.73. The van der Waals surface area contributed by atoms with E-state index in [4.69, 9.17) is 5.73 Å². The van der Waals surface area contributed by atoms with Crippen LogP contribution in [-0.4, -0.2) is 21.1 Å². The predicted octanol–water partition coefficient (Wildman–Crippen LogP) is 1.56. The third-order valence-electron chi connectivity index (χ3n) is 2.55. The Bertz CT molecular complexity index is 582. The van der Waals surface area contributed by atoms with Crippen LogP contribution in [0.2, 0.25) is 0 Å². The Balaban J connectivity index is 2.24. The summed E-state index contributed by atoms with van der Waals surface area (Å²) in [5.74, 6) is 0.131. The second-order valence-electron chi connectivity index (χ2n) is 4.24. The minimum atomic E-state index is -0.366. The van der Waals surface area contributed by atoms with Gasteiger partial charge in [0.15, 0.2) is 5.69 Å². The van der Waals surface area contributed by atoms with E-state index >= 15 is 0 Å². The Kier molecular flexibility index (Phi) is 3.01. The molecule has 1 amide bonds. The van der Waals surface area contributed by atoms with Gasteiger partial charge in [-0.05, 0) is 38.5 Å². The van der Waals surface area contributed by atoms with E-state index in [1.165, 1.54) is 0 Å². The lowest BCUT2D eigenvalue weighted by atomic mass is 10.2. The normalized spacial score (nSPS) is 10.4. The minimum Gasteiger partial charge on any atom is -0.395 e. The zero-order chi connectivity index (χ0) is 13.3. The number of nitrogens with one attached hydrogen (secondary N) is 2. The second-order valence-corrected chi connectivity index (χ2v) is 4.24. The lowest BCUT2D eigenvalue weighted by Gasteiger charge is -2.05. The number of aromatic nitrogens is 3. The molecule has 0 saturated carbocycles. The molecule has 0 atom stereocenters. The first-order valence-corrected chi connectivity index (χ1v) is 5.54. The van der Waals surface area contributed by atoms with Crippen LogP contribution in [0.1, 0.15) is 27.4 Å². The molecule has 0 saturated heterocycles. The van der Waals surface area contributed by atoms with Crippen molar-refractivity contribution in [3.8, 4) is 0 Å². The molecular formula is C12H15N5O. The molecule has 6 heteroatoms. The molecule has 0 unspecified atom stereocenters. The summed E-state index contributed by atoms with van der Waals surface area (Å²) in [4.78, 5) is 16.2. The second kappa shape index (κ2) is 4.48. The number of pyridine rings is 1. The topological polar surface area (TPSA) is 96.7 Å². The van der Waals surface area contributed by atoms with Gasteiger partial charge in [-0.25, -0.2) is 4.98 Å². The molecule has 0 spiro atoms. The maximum Gasteiger partial charge on any atom is 0.279 e. The molecule has 0 aliphatic heterocycles. The van der Waals surface area contributed by atoms with Gasteiger partial charge in [0.05, 0.1) is 11.4 Å². The molecule has 0 bridgehead atoms. The Morgan fingerprint density at radius 1 is 1.33 bits per heavy atom. The van der Waals surface area contributed by atoms with E-state index in [1.807, 2.05) is 19.9 Å². The van der Waals surface area contributed by atoms with Crippen LogP contribution in [0, 0.1) is 20.8 Å². The van der Waals surface area contributed by atoms with Crippen molar-refractivity contribution in [2.45, 2.75) is 20.8 Å². The van der Waals surface area contributed by atoms with Crippen LogP contribution in [0.4, 0.5) is 11.5 Å². The average molecular weight is 245 g/mol. The smallest absolute Gasteiger partial charge is 0.279 e. The Morgan fingerprint density at radius 3 is 2.61 bits per heavy atom. The molecule has 0 aliphatic rings. The molecule has 2 heterocycles. The highest BCUT2D eigenvalue weighted by Crippen LogP contribution is 2.15. The maximum atomic E-state index is 12.0. The third kappa shape index (κ3) is 2.32. The first kappa shape index (κ1) is 12.1. The van der Waals surface area contributed by atoms with Crippen molar-refractivity contribution in [2.75, 3.05) is 11.1 Å². The van der Waals surface area contributed by atoms with E-state index in [0.29, 0.717) is 17.2 Å². The van der Waals surface area contributed by atoms with Crippen LogP contribution in [0.25, 0.3) is 0 Å². The number of aromatic amines is 1. The molecule has 0 aliphatic carbocycles. The lowest BCUT2D eigenvalue weighted by Crippen LogP contribution is -2.15. The Labute approximate surface area is 105 Å². The molecule has 0 radical (unpaired) electrons. The maximum absolute atomic E-state index is 12.0. The molecule has 6 nitrogen and oxygen atoms in total. The highest BCUT2D eigenvalue weighted by Gasteiger charge is 2.15. The summed E-state index contributed by atoms with van der Waals surface area (Å²) >= 11 is 0. The summed E-state index contributed by atoms with van der Waals surface area (Å²) in [7, 11) is 0. The van der Waals surface area contributed by atoms with Gasteiger partial charge in [-0.1, -0.05) is 0 Å². The van der Waals surface area contributed by atoms with Crippen LogP contribution >= 0.6 is 0 Å². The average Bonchev–Trinajstić information content (AvgIpc) is 2.58. The third-order valence-corrected chi connectivity index (χ3v) is 2.55. The van der Waals surface area contributed by atoms with Crippen LogP contribution in [0.15, 0.2) is 12.1 Å². The van der Waals surface area contributed by atoms with E-state index < -0.39 is 0 Å². The molecule has 94 valence electrons. The number of H-pyrrole nitrogens is 1. The first-order valence-electron chi connectivity index (χ1n) is 5.54. The number of nitrogens with two attached hydrogens (primary N) is 1. The van der Waals surface area contributed by atoms with Crippen LogP contribution in [0.3, 0.4) is 0 Å². The fraction of sp³-hybridized carbons (Fsp3) is 0.250. The van der Waals surface area contributed by atoms with Gasteiger partial charge in [-0.2, -0.15) is 5.10 Å². The highest BCUT2D eigenvalue weighted by atomic mass is 16.2. The van der Waals surface area contributed by atoms with Crippen molar-refractivity contribution < 1.29 is 4.79 Å². The number of rotatable bonds is 2.